The molecule has 25 heavy (non-hydrogen) atoms. The van der Waals surface area contributed by atoms with Gasteiger partial charge in [0.2, 0.25) is 11.7 Å². The van der Waals surface area contributed by atoms with E-state index in [9.17, 15) is 0 Å². The molecule has 0 amide bonds. The molecule has 130 valence electrons. The number of rotatable bonds is 6. The monoisotopic (exact) mass is 338 g/mol. The molecule has 0 saturated carbocycles. The van der Waals surface area contributed by atoms with Crippen LogP contribution in [0.5, 0.6) is 5.75 Å². The Kier molecular flexibility index (Phi) is 4.79. The highest BCUT2D eigenvalue weighted by atomic mass is 16.5. The molecule has 2 aromatic heterocycles. The Morgan fingerprint density at radius 3 is 2.60 bits per heavy atom. The molecule has 0 aliphatic heterocycles. The third kappa shape index (κ3) is 4.62. The van der Waals surface area contributed by atoms with Crippen molar-refractivity contribution in [3.63, 3.8) is 0 Å². The van der Waals surface area contributed by atoms with Crippen LogP contribution in [0.3, 0.4) is 0 Å². The van der Waals surface area contributed by atoms with Gasteiger partial charge in [0.1, 0.15) is 11.4 Å². The molecule has 0 spiro atoms. The smallest absolute Gasteiger partial charge is 0.223 e. The van der Waals surface area contributed by atoms with Crippen molar-refractivity contribution in [1.82, 2.24) is 20.3 Å². The Hall–Kier alpha value is -2.76. The average Bonchev–Trinajstić information content (AvgIpc) is 3.01. The maximum Gasteiger partial charge on any atom is 0.223 e. The summed E-state index contributed by atoms with van der Waals surface area (Å²) in [6.45, 7) is 7.84. The van der Waals surface area contributed by atoms with E-state index in [0.29, 0.717) is 11.7 Å². The highest BCUT2D eigenvalue weighted by Crippen LogP contribution is 2.26. The van der Waals surface area contributed by atoms with E-state index in [1.165, 1.54) is 0 Å². The largest absolute Gasteiger partial charge is 0.488 e. The molecule has 2 heterocycles. The standard InChI is InChI=1S/C19H22N4O2/c1-13-8-9-16(22-21-13)10-11-19(3,4)24-17-7-5-6-15(12-17)18-20-14(2)25-23-18/h5-9,12H,10-11H2,1-4H3. The second-order valence-corrected chi connectivity index (χ2v) is 6.69. The zero-order valence-electron chi connectivity index (χ0n) is 15.0. The van der Waals surface area contributed by atoms with Crippen molar-refractivity contribution in [3.05, 3.63) is 53.7 Å². The van der Waals surface area contributed by atoms with E-state index in [4.69, 9.17) is 9.26 Å². The summed E-state index contributed by atoms with van der Waals surface area (Å²) in [6.07, 6.45) is 1.64. The SMILES string of the molecule is Cc1ccc(CCC(C)(C)Oc2cccc(-c3noc(C)n3)c2)nn1. The van der Waals surface area contributed by atoms with Gasteiger partial charge in [-0.05, 0) is 57.9 Å². The minimum atomic E-state index is -0.335. The Balaban J connectivity index is 1.66. The Morgan fingerprint density at radius 2 is 1.92 bits per heavy atom. The number of aromatic nitrogens is 4. The normalized spacial score (nSPS) is 11.5. The molecule has 0 N–H and O–H groups in total. The summed E-state index contributed by atoms with van der Waals surface area (Å²) in [5.74, 6) is 1.89. The van der Waals surface area contributed by atoms with Gasteiger partial charge < -0.3 is 9.26 Å². The minimum absolute atomic E-state index is 0.335. The number of ether oxygens (including phenoxy) is 1. The highest BCUT2D eigenvalue weighted by molar-refractivity contribution is 5.56. The molecule has 3 aromatic rings. The van der Waals surface area contributed by atoms with Crippen molar-refractivity contribution in [2.24, 2.45) is 0 Å². The van der Waals surface area contributed by atoms with E-state index < -0.39 is 0 Å². The van der Waals surface area contributed by atoms with Crippen molar-refractivity contribution >= 4 is 0 Å². The van der Waals surface area contributed by atoms with Gasteiger partial charge >= 0.3 is 0 Å². The number of nitrogens with zero attached hydrogens (tertiary/aromatic N) is 4. The lowest BCUT2D eigenvalue weighted by Gasteiger charge is -2.26. The fraction of sp³-hybridized carbons (Fsp3) is 0.368. The third-order valence-electron chi connectivity index (χ3n) is 3.85. The lowest BCUT2D eigenvalue weighted by molar-refractivity contribution is 0.0995. The van der Waals surface area contributed by atoms with Gasteiger partial charge in [0.05, 0.1) is 11.4 Å². The quantitative estimate of drug-likeness (QED) is 0.678. The zero-order valence-corrected chi connectivity index (χ0v) is 15.0. The van der Waals surface area contributed by atoms with Gasteiger partial charge in [0, 0.05) is 12.5 Å². The van der Waals surface area contributed by atoms with Crippen LogP contribution in [-0.2, 0) is 6.42 Å². The summed E-state index contributed by atoms with van der Waals surface area (Å²) in [4.78, 5) is 4.25. The van der Waals surface area contributed by atoms with Gasteiger partial charge in [-0.2, -0.15) is 15.2 Å². The van der Waals surface area contributed by atoms with Crippen molar-refractivity contribution < 1.29 is 9.26 Å². The predicted octanol–water partition coefficient (Wildman–Crippen LogP) is 3.93. The molecule has 1 aromatic carbocycles. The van der Waals surface area contributed by atoms with Crippen molar-refractivity contribution in [3.8, 4) is 17.1 Å². The second kappa shape index (κ2) is 7.01. The zero-order chi connectivity index (χ0) is 17.9. The fourth-order valence-electron chi connectivity index (χ4n) is 2.47. The maximum absolute atomic E-state index is 6.18. The van der Waals surface area contributed by atoms with Crippen LogP contribution in [0.15, 0.2) is 40.9 Å². The molecule has 0 saturated heterocycles. The lowest BCUT2D eigenvalue weighted by atomic mass is 10.0. The number of hydrogen-bond acceptors (Lipinski definition) is 6. The Bertz CT molecular complexity index is 841. The summed E-state index contributed by atoms with van der Waals surface area (Å²) >= 11 is 0. The summed E-state index contributed by atoms with van der Waals surface area (Å²) in [6, 6.07) is 11.7. The first-order valence-corrected chi connectivity index (χ1v) is 8.30. The number of hydrogen-bond donors (Lipinski definition) is 0. The van der Waals surface area contributed by atoms with Gasteiger partial charge in [0.25, 0.3) is 0 Å². The molecule has 6 nitrogen and oxygen atoms in total. The van der Waals surface area contributed by atoms with E-state index in [0.717, 1.165) is 35.5 Å². The Labute approximate surface area is 147 Å². The van der Waals surface area contributed by atoms with Crippen LogP contribution in [-0.4, -0.2) is 25.9 Å². The summed E-state index contributed by atoms with van der Waals surface area (Å²) in [5, 5.41) is 12.3. The van der Waals surface area contributed by atoms with Crippen LogP contribution in [0.2, 0.25) is 0 Å². The molecule has 6 heteroatoms. The predicted molar refractivity (Wildman–Crippen MR) is 94.3 cm³/mol. The Morgan fingerprint density at radius 1 is 1.08 bits per heavy atom. The van der Waals surface area contributed by atoms with E-state index in [1.807, 2.05) is 43.3 Å². The first kappa shape index (κ1) is 17.1. The number of benzene rings is 1. The van der Waals surface area contributed by atoms with Crippen LogP contribution < -0.4 is 4.74 Å². The summed E-state index contributed by atoms with van der Waals surface area (Å²) < 4.78 is 11.2. The first-order chi connectivity index (χ1) is 11.9. The first-order valence-electron chi connectivity index (χ1n) is 8.30. The van der Waals surface area contributed by atoms with Crippen molar-refractivity contribution in [2.45, 2.75) is 46.1 Å². The highest BCUT2D eigenvalue weighted by Gasteiger charge is 2.20. The molecule has 3 rings (SSSR count). The van der Waals surface area contributed by atoms with Crippen LogP contribution in [0, 0.1) is 13.8 Å². The van der Waals surface area contributed by atoms with Gasteiger partial charge in [-0.25, -0.2) is 0 Å². The van der Waals surface area contributed by atoms with Gasteiger partial charge in [-0.1, -0.05) is 17.3 Å². The van der Waals surface area contributed by atoms with Crippen molar-refractivity contribution in [2.75, 3.05) is 0 Å². The summed E-state index contributed by atoms with van der Waals surface area (Å²) in [5.41, 5.74) is 2.43. The van der Waals surface area contributed by atoms with Crippen molar-refractivity contribution in [1.29, 1.82) is 0 Å². The van der Waals surface area contributed by atoms with E-state index in [1.54, 1.807) is 6.92 Å². The maximum atomic E-state index is 6.18. The minimum Gasteiger partial charge on any atom is -0.488 e. The lowest BCUT2D eigenvalue weighted by Crippen LogP contribution is -2.29. The van der Waals surface area contributed by atoms with Crippen LogP contribution in [0.25, 0.3) is 11.4 Å². The van der Waals surface area contributed by atoms with Crippen LogP contribution in [0.1, 0.15) is 37.5 Å². The number of aryl methyl sites for hydroxylation is 3. The van der Waals surface area contributed by atoms with Crippen LogP contribution in [0.4, 0.5) is 0 Å². The topological polar surface area (TPSA) is 73.9 Å². The molecule has 0 unspecified atom stereocenters. The molecule has 0 bridgehead atoms. The fourth-order valence-corrected chi connectivity index (χ4v) is 2.47. The molecule has 0 radical (unpaired) electrons. The molecule has 0 fully saturated rings. The van der Waals surface area contributed by atoms with Crippen LogP contribution >= 0.6 is 0 Å². The molecule has 0 aliphatic carbocycles. The average molecular weight is 338 g/mol. The molecular weight excluding hydrogens is 316 g/mol. The van der Waals surface area contributed by atoms with Gasteiger partial charge in [0.15, 0.2) is 0 Å². The van der Waals surface area contributed by atoms with E-state index >= 15 is 0 Å². The molecule has 0 aliphatic rings. The van der Waals surface area contributed by atoms with Gasteiger partial charge in [-0.15, -0.1) is 0 Å². The summed E-state index contributed by atoms with van der Waals surface area (Å²) in [7, 11) is 0. The van der Waals surface area contributed by atoms with Gasteiger partial charge in [-0.3, -0.25) is 0 Å². The molecular formula is C19H22N4O2. The van der Waals surface area contributed by atoms with E-state index in [-0.39, 0.29) is 5.60 Å². The molecule has 0 atom stereocenters. The van der Waals surface area contributed by atoms with E-state index in [2.05, 4.69) is 34.2 Å². The third-order valence-corrected chi connectivity index (χ3v) is 3.85. The second-order valence-electron chi connectivity index (χ2n) is 6.69.